The maximum absolute atomic E-state index is 12.7. The number of halogens is 3. The van der Waals surface area contributed by atoms with Crippen LogP contribution in [0.3, 0.4) is 0 Å². The van der Waals surface area contributed by atoms with E-state index in [2.05, 4.69) is 15.6 Å². The second-order valence-corrected chi connectivity index (χ2v) is 6.96. The minimum absolute atomic E-state index is 0.0412. The predicted molar refractivity (Wildman–Crippen MR) is 91.1 cm³/mol. The smallest absolute Gasteiger partial charge is 0.354 e. The molecule has 1 aliphatic heterocycles. The van der Waals surface area contributed by atoms with Crippen molar-refractivity contribution in [2.24, 2.45) is 0 Å². The summed E-state index contributed by atoms with van der Waals surface area (Å²) in [5.41, 5.74) is -0.506. The van der Waals surface area contributed by atoms with Crippen LogP contribution in [0.1, 0.15) is 17.0 Å². The number of thiazole rings is 1. The third-order valence-electron chi connectivity index (χ3n) is 3.92. The number of carbonyl (C=O) groups excluding carboxylic acids is 3. The molecule has 7 nitrogen and oxygen atoms in total. The van der Waals surface area contributed by atoms with Crippen LogP contribution in [0.25, 0.3) is 10.2 Å². The number of urea groups is 1. The zero-order chi connectivity index (χ0) is 19.6. The van der Waals surface area contributed by atoms with Crippen LogP contribution in [0.5, 0.6) is 0 Å². The fraction of sp³-hybridized carbons (Fsp3) is 0.375. The van der Waals surface area contributed by atoms with Gasteiger partial charge in [0.05, 0.1) is 27.3 Å². The molecule has 0 saturated carbocycles. The topological polar surface area (TPSA) is 91.4 Å². The lowest BCUT2D eigenvalue weighted by Gasteiger charge is -2.12. The lowest BCUT2D eigenvalue weighted by molar-refractivity contribution is -0.137. The SMILES string of the molecule is O=C(CCc1nc2cc(C(F)(F)F)ccc2s1)NCCN1C(=O)CNC1=O. The fourth-order valence-electron chi connectivity index (χ4n) is 2.56. The molecule has 27 heavy (non-hydrogen) atoms. The van der Waals surface area contributed by atoms with Gasteiger partial charge in [-0.2, -0.15) is 13.2 Å². The highest BCUT2D eigenvalue weighted by molar-refractivity contribution is 7.18. The average molecular weight is 400 g/mol. The van der Waals surface area contributed by atoms with E-state index in [1.165, 1.54) is 17.4 Å². The van der Waals surface area contributed by atoms with E-state index < -0.39 is 17.8 Å². The first-order chi connectivity index (χ1) is 12.7. The molecule has 0 atom stereocenters. The Kier molecular flexibility index (Phi) is 5.31. The molecule has 2 N–H and O–H groups in total. The summed E-state index contributed by atoms with van der Waals surface area (Å²) in [6.45, 7) is 0.172. The molecule has 1 aromatic heterocycles. The number of rotatable bonds is 6. The highest BCUT2D eigenvalue weighted by atomic mass is 32.1. The highest BCUT2D eigenvalue weighted by Gasteiger charge is 2.31. The van der Waals surface area contributed by atoms with Gasteiger partial charge in [-0.3, -0.25) is 14.5 Å². The predicted octanol–water partition coefficient (Wildman–Crippen LogP) is 1.92. The molecule has 3 rings (SSSR count). The number of nitrogens with one attached hydrogen (secondary N) is 2. The summed E-state index contributed by atoms with van der Waals surface area (Å²) in [6.07, 6.45) is -4.03. The Hall–Kier alpha value is -2.69. The Balaban J connectivity index is 1.50. The van der Waals surface area contributed by atoms with E-state index in [-0.39, 0.29) is 49.8 Å². The summed E-state index contributed by atoms with van der Waals surface area (Å²) in [5, 5.41) is 5.54. The largest absolute Gasteiger partial charge is 0.416 e. The van der Waals surface area contributed by atoms with Crippen LogP contribution in [0, 0.1) is 0 Å². The summed E-state index contributed by atoms with van der Waals surface area (Å²) >= 11 is 1.24. The van der Waals surface area contributed by atoms with Gasteiger partial charge in [0.25, 0.3) is 0 Å². The first-order valence-corrected chi connectivity index (χ1v) is 8.87. The Labute approximate surface area is 155 Å². The van der Waals surface area contributed by atoms with E-state index in [1.54, 1.807) is 0 Å². The number of carbonyl (C=O) groups is 3. The van der Waals surface area contributed by atoms with Gasteiger partial charge in [0.15, 0.2) is 0 Å². The van der Waals surface area contributed by atoms with Crippen molar-refractivity contribution in [1.82, 2.24) is 20.5 Å². The molecule has 0 radical (unpaired) electrons. The quantitative estimate of drug-likeness (QED) is 0.725. The number of alkyl halides is 3. The van der Waals surface area contributed by atoms with Crippen molar-refractivity contribution in [3.05, 3.63) is 28.8 Å². The summed E-state index contributed by atoms with van der Waals surface area (Å²) in [6, 6.07) is 2.89. The van der Waals surface area contributed by atoms with Gasteiger partial charge in [-0.15, -0.1) is 11.3 Å². The zero-order valence-corrected chi connectivity index (χ0v) is 14.7. The lowest BCUT2D eigenvalue weighted by Crippen LogP contribution is -2.38. The van der Waals surface area contributed by atoms with E-state index in [4.69, 9.17) is 0 Å². The summed E-state index contributed by atoms with van der Waals surface area (Å²) in [5.74, 6) is -0.640. The minimum Gasteiger partial charge on any atom is -0.354 e. The molecule has 0 spiro atoms. The second-order valence-electron chi connectivity index (χ2n) is 5.84. The van der Waals surface area contributed by atoms with Crippen molar-refractivity contribution in [2.75, 3.05) is 19.6 Å². The molecule has 0 bridgehead atoms. The second kappa shape index (κ2) is 7.51. The number of imide groups is 1. The Morgan fingerprint density at radius 3 is 2.78 bits per heavy atom. The van der Waals surface area contributed by atoms with E-state index in [9.17, 15) is 27.6 Å². The molecule has 1 aliphatic rings. The van der Waals surface area contributed by atoms with Gasteiger partial charge in [0, 0.05) is 25.9 Å². The van der Waals surface area contributed by atoms with Crippen molar-refractivity contribution in [2.45, 2.75) is 19.0 Å². The van der Waals surface area contributed by atoms with E-state index in [0.29, 0.717) is 9.71 Å². The molecule has 0 aliphatic carbocycles. The number of nitrogens with zero attached hydrogens (tertiary/aromatic N) is 2. The van der Waals surface area contributed by atoms with Crippen molar-refractivity contribution < 1.29 is 27.6 Å². The van der Waals surface area contributed by atoms with Crippen LogP contribution in [-0.4, -0.2) is 47.4 Å². The van der Waals surface area contributed by atoms with Crippen molar-refractivity contribution >= 4 is 39.4 Å². The molecular formula is C16H15F3N4O3S. The van der Waals surface area contributed by atoms with E-state index in [0.717, 1.165) is 17.0 Å². The fourth-order valence-corrected chi connectivity index (χ4v) is 3.50. The lowest BCUT2D eigenvalue weighted by atomic mass is 10.2. The van der Waals surface area contributed by atoms with Gasteiger partial charge in [-0.05, 0) is 18.2 Å². The first kappa shape index (κ1) is 19.1. The van der Waals surface area contributed by atoms with E-state index in [1.807, 2.05) is 0 Å². The van der Waals surface area contributed by atoms with Crippen LogP contribution >= 0.6 is 11.3 Å². The molecule has 0 unspecified atom stereocenters. The minimum atomic E-state index is -4.43. The summed E-state index contributed by atoms with van der Waals surface area (Å²) in [4.78, 5) is 39.8. The van der Waals surface area contributed by atoms with Crippen molar-refractivity contribution in [3.63, 3.8) is 0 Å². The molecule has 1 aromatic carbocycles. The third-order valence-corrected chi connectivity index (χ3v) is 5.02. The Morgan fingerprint density at radius 1 is 1.33 bits per heavy atom. The molecule has 2 aromatic rings. The Bertz CT molecular complexity index is 881. The van der Waals surface area contributed by atoms with Gasteiger partial charge in [-0.25, -0.2) is 9.78 Å². The molecule has 1 fully saturated rings. The van der Waals surface area contributed by atoms with Crippen LogP contribution < -0.4 is 10.6 Å². The van der Waals surface area contributed by atoms with Gasteiger partial charge < -0.3 is 10.6 Å². The number of fused-ring (bicyclic) bond motifs is 1. The van der Waals surface area contributed by atoms with Gasteiger partial charge in [0.1, 0.15) is 0 Å². The van der Waals surface area contributed by atoms with Gasteiger partial charge in [-0.1, -0.05) is 0 Å². The van der Waals surface area contributed by atoms with Crippen LogP contribution in [0.2, 0.25) is 0 Å². The van der Waals surface area contributed by atoms with Gasteiger partial charge in [0.2, 0.25) is 11.8 Å². The normalized spacial score (nSPS) is 14.7. The number of hydrogen-bond acceptors (Lipinski definition) is 5. The van der Waals surface area contributed by atoms with Crippen LogP contribution in [0.4, 0.5) is 18.0 Å². The van der Waals surface area contributed by atoms with Crippen LogP contribution in [0.15, 0.2) is 18.2 Å². The van der Waals surface area contributed by atoms with Crippen molar-refractivity contribution in [1.29, 1.82) is 0 Å². The molecular weight excluding hydrogens is 385 g/mol. The first-order valence-electron chi connectivity index (χ1n) is 8.05. The maximum Gasteiger partial charge on any atom is 0.416 e. The summed E-state index contributed by atoms with van der Waals surface area (Å²) < 4.78 is 38.8. The molecule has 1 saturated heterocycles. The number of amides is 4. The van der Waals surface area contributed by atoms with Crippen molar-refractivity contribution in [3.8, 4) is 0 Å². The molecule has 144 valence electrons. The highest BCUT2D eigenvalue weighted by Crippen LogP contribution is 2.33. The molecule has 11 heteroatoms. The number of hydrogen-bond donors (Lipinski definition) is 2. The average Bonchev–Trinajstić information content (AvgIpc) is 3.15. The molecule has 4 amide bonds. The number of aromatic nitrogens is 1. The van der Waals surface area contributed by atoms with E-state index >= 15 is 0 Å². The molecule has 2 heterocycles. The number of benzene rings is 1. The van der Waals surface area contributed by atoms with Crippen LogP contribution in [-0.2, 0) is 22.2 Å². The third kappa shape index (κ3) is 4.54. The maximum atomic E-state index is 12.7. The standard InChI is InChI=1S/C16H15F3N4O3S/c17-16(18,19)9-1-2-11-10(7-9)22-13(27-11)4-3-12(24)20-5-6-23-14(25)8-21-15(23)26/h1-2,7H,3-6,8H2,(H,20,24)(H,21,26). The summed E-state index contributed by atoms with van der Waals surface area (Å²) in [7, 11) is 0. The van der Waals surface area contributed by atoms with Gasteiger partial charge >= 0.3 is 12.2 Å². The number of aryl methyl sites for hydroxylation is 1. The zero-order valence-electron chi connectivity index (χ0n) is 13.9. The monoisotopic (exact) mass is 400 g/mol. The Morgan fingerprint density at radius 2 is 2.11 bits per heavy atom.